The molecule has 2 N–H and O–H groups in total. The number of carbonyl (C=O) groups is 1. The fourth-order valence-electron chi connectivity index (χ4n) is 2.93. The minimum atomic E-state index is -0.665. The summed E-state index contributed by atoms with van der Waals surface area (Å²) in [6.07, 6.45) is 3.25. The number of likely N-dealkylation sites (tertiary alicyclic amines) is 1. The highest BCUT2D eigenvalue weighted by atomic mass is 16.2. The van der Waals surface area contributed by atoms with E-state index in [2.05, 4.69) is 21.6 Å². The molecule has 2 aliphatic rings. The minimum Gasteiger partial charge on any atom is -0.337 e. The third-order valence-electron chi connectivity index (χ3n) is 4.26. The second-order valence-corrected chi connectivity index (χ2v) is 6.08. The summed E-state index contributed by atoms with van der Waals surface area (Å²) in [5.74, 6) is 0.974. The molecule has 2 unspecified atom stereocenters. The maximum atomic E-state index is 12.1. The maximum absolute atomic E-state index is 12.1. The average molecular weight is 264 g/mol. The van der Waals surface area contributed by atoms with Crippen molar-refractivity contribution in [3.63, 3.8) is 0 Å². The van der Waals surface area contributed by atoms with Crippen molar-refractivity contribution in [2.75, 3.05) is 33.2 Å². The Morgan fingerprint density at radius 2 is 2.21 bits per heavy atom. The van der Waals surface area contributed by atoms with E-state index in [1.807, 2.05) is 14.0 Å². The lowest BCUT2D eigenvalue weighted by Crippen LogP contribution is -2.50. The lowest BCUT2D eigenvalue weighted by Gasteiger charge is -2.24. The third-order valence-corrected chi connectivity index (χ3v) is 4.26. The highest BCUT2D eigenvalue weighted by Crippen LogP contribution is 2.39. The van der Waals surface area contributed by atoms with E-state index in [0.717, 1.165) is 38.9 Å². The second kappa shape index (κ2) is 5.89. The molecule has 0 spiro atoms. The van der Waals surface area contributed by atoms with Gasteiger partial charge >= 0.3 is 0 Å². The molecule has 0 aromatic rings. The zero-order valence-electron chi connectivity index (χ0n) is 11.9. The molecule has 5 nitrogen and oxygen atoms in total. The molecule has 1 saturated heterocycles. The molecular weight excluding hydrogens is 240 g/mol. The van der Waals surface area contributed by atoms with Crippen molar-refractivity contribution in [1.29, 1.82) is 5.26 Å². The molecule has 1 aliphatic carbocycles. The van der Waals surface area contributed by atoms with Crippen LogP contribution in [0.15, 0.2) is 0 Å². The van der Waals surface area contributed by atoms with Crippen LogP contribution in [0.2, 0.25) is 0 Å². The predicted octanol–water partition coefficient (Wildman–Crippen LogP) is 0.336. The van der Waals surface area contributed by atoms with Crippen molar-refractivity contribution in [3.8, 4) is 6.07 Å². The molecule has 1 amide bonds. The molecule has 106 valence electrons. The van der Waals surface area contributed by atoms with Crippen molar-refractivity contribution in [2.24, 2.45) is 11.8 Å². The normalized spacial score (nSPS) is 26.7. The van der Waals surface area contributed by atoms with Gasteiger partial charge in [0.1, 0.15) is 5.54 Å². The molecule has 19 heavy (non-hydrogen) atoms. The van der Waals surface area contributed by atoms with E-state index in [-0.39, 0.29) is 5.91 Å². The van der Waals surface area contributed by atoms with Crippen LogP contribution in [-0.4, -0.2) is 49.6 Å². The Bertz CT molecular complexity index is 374. The molecule has 2 rings (SSSR count). The molecule has 0 bridgehead atoms. The van der Waals surface area contributed by atoms with Gasteiger partial charge in [-0.1, -0.05) is 0 Å². The smallest absolute Gasteiger partial charge is 0.235 e. The van der Waals surface area contributed by atoms with Crippen molar-refractivity contribution in [3.05, 3.63) is 0 Å². The molecule has 2 atom stereocenters. The zero-order chi connectivity index (χ0) is 13.9. The lowest BCUT2D eigenvalue weighted by molar-refractivity contribution is -0.123. The maximum Gasteiger partial charge on any atom is 0.235 e. The van der Waals surface area contributed by atoms with Crippen molar-refractivity contribution in [1.82, 2.24) is 15.5 Å². The van der Waals surface area contributed by atoms with Crippen LogP contribution in [0.1, 0.15) is 26.2 Å². The van der Waals surface area contributed by atoms with Gasteiger partial charge in [0.25, 0.3) is 0 Å². The van der Waals surface area contributed by atoms with Gasteiger partial charge in [-0.15, -0.1) is 0 Å². The Morgan fingerprint density at radius 1 is 1.47 bits per heavy atom. The number of nitrogens with zero attached hydrogens (tertiary/aromatic N) is 2. The summed E-state index contributed by atoms with van der Waals surface area (Å²) in [5.41, 5.74) is -0.665. The van der Waals surface area contributed by atoms with Crippen LogP contribution in [0, 0.1) is 23.2 Å². The van der Waals surface area contributed by atoms with Crippen LogP contribution >= 0.6 is 0 Å². The van der Waals surface area contributed by atoms with Gasteiger partial charge in [-0.25, -0.2) is 0 Å². The number of amides is 1. The van der Waals surface area contributed by atoms with Gasteiger partial charge < -0.3 is 10.6 Å². The van der Waals surface area contributed by atoms with Gasteiger partial charge in [-0.05, 0) is 58.2 Å². The summed E-state index contributed by atoms with van der Waals surface area (Å²) in [4.78, 5) is 14.2. The van der Waals surface area contributed by atoms with Crippen LogP contribution in [0.25, 0.3) is 0 Å². The SMILES string of the molecule is CNCC1CCN(CC(=O)NC(C)(C#N)C2CC2)C1. The fraction of sp³-hybridized carbons (Fsp3) is 0.857. The van der Waals surface area contributed by atoms with Gasteiger partial charge in [0.05, 0.1) is 12.6 Å². The Morgan fingerprint density at radius 3 is 2.79 bits per heavy atom. The van der Waals surface area contributed by atoms with E-state index < -0.39 is 5.54 Å². The van der Waals surface area contributed by atoms with E-state index in [0.29, 0.717) is 18.4 Å². The van der Waals surface area contributed by atoms with Crippen LogP contribution in [-0.2, 0) is 4.79 Å². The molecular formula is C14H24N4O. The largest absolute Gasteiger partial charge is 0.337 e. The van der Waals surface area contributed by atoms with E-state index in [1.54, 1.807) is 0 Å². The number of carbonyl (C=O) groups excluding carboxylic acids is 1. The van der Waals surface area contributed by atoms with Crippen LogP contribution in [0.4, 0.5) is 0 Å². The highest BCUT2D eigenvalue weighted by molar-refractivity contribution is 5.79. The summed E-state index contributed by atoms with van der Waals surface area (Å²) in [5, 5.41) is 15.3. The lowest BCUT2D eigenvalue weighted by atomic mass is 9.98. The minimum absolute atomic E-state index is 0.0129. The van der Waals surface area contributed by atoms with E-state index in [4.69, 9.17) is 0 Å². The topological polar surface area (TPSA) is 68.2 Å². The molecule has 0 aromatic carbocycles. The zero-order valence-corrected chi connectivity index (χ0v) is 11.9. The Kier molecular flexibility index (Phi) is 4.43. The Labute approximate surface area is 115 Å². The monoisotopic (exact) mass is 264 g/mol. The van der Waals surface area contributed by atoms with Crippen molar-refractivity contribution in [2.45, 2.75) is 31.7 Å². The summed E-state index contributed by atoms with van der Waals surface area (Å²) in [7, 11) is 1.96. The quantitative estimate of drug-likeness (QED) is 0.726. The first-order valence-electron chi connectivity index (χ1n) is 7.16. The number of hydrogen-bond acceptors (Lipinski definition) is 4. The standard InChI is InChI=1S/C14H24N4O/c1-14(10-15,12-3-4-12)17-13(19)9-18-6-5-11(8-18)7-16-2/h11-12,16H,3-9H2,1-2H3,(H,17,19). The molecule has 0 aromatic heterocycles. The fourth-order valence-corrected chi connectivity index (χ4v) is 2.93. The van der Waals surface area contributed by atoms with Crippen LogP contribution < -0.4 is 10.6 Å². The molecule has 1 heterocycles. The highest BCUT2D eigenvalue weighted by Gasteiger charge is 2.43. The first-order valence-corrected chi connectivity index (χ1v) is 7.16. The second-order valence-electron chi connectivity index (χ2n) is 6.08. The van der Waals surface area contributed by atoms with Crippen molar-refractivity contribution >= 4 is 5.91 Å². The number of nitrogens with one attached hydrogen (secondary N) is 2. The predicted molar refractivity (Wildman–Crippen MR) is 73.4 cm³/mol. The average Bonchev–Trinajstić information content (AvgIpc) is 3.14. The summed E-state index contributed by atoms with van der Waals surface area (Å²) >= 11 is 0. The molecule has 5 heteroatoms. The van der Waals surface area contributed by atoms with Gasteiger partial charge in [0, 0.05) is 6.54 Å². The molecule has 1 saturated carbocycles. The Hall–Kier alpha value is -1.12. The first-order chi connectivity index (χ1) is 9.07. The van der Waals surface area contributed by atoms with Gasteiger partial charge in [0.15, 0.2) is 0 Å². The third kappa shape index (κ3) is 3.68. The summed E-state index contributed by atoms with van der Waals surface area (Å²) in [6, 6.07) is 2.26. The number of rotatable bonds is 6. The first kappa shape index (κ1) is 14.3. The number of nitriles is 1. The van der Waals surface area contributed by atoms with Gasteiger partial charge in [-0.2, -0.15) is 5.26 Å². The van der Waals surface area contributed by atoms with E-state index >= 15 is 0 Å². The van der Waals surface area contributed by atoms with Crippen LogP contribution in [0.3, 0.4) is 0 Å². The molecule has 2 fully saturated rings. The summed E-state index contributed by atoms with van der Waals surface area (Å²) < 4.78 is 0. The Balaban J connectivity index is 1.77. The van der Waals surface area contributed by atoms with Crippen LogP contribution in [0.5, 0.6) is 0 Å². The molecule has 0 radical (unpaired) electrons. The molecule has 1 aliphatic heterocycles. The van der Waals surface area contributed by atoms with E-state index in [9.17, 15) is 10.1 Å². The van der Waals surface area contributed by atoms with Gasteiger partial charge in [-0.3, -0.25) is 9.69 Å². The van der Waals surface area contributed by atoms with Gasteiger partial charge in [0.2, 0.25) is 5.91 Å². The van der Waals surface area contributed by atoms with Crippen molar-refractivity contribution < 1.29 is 4.79 Å². The van der Waals surface area contributed by atoms with E-state index in [1.165, 1.54) is 0 Å². The number of hydrogen-bond donors (Lipinski definition) is 2. The summed E-state index contributed by atoms with van der Waals surface area (Å²) in [6.45, 7) is 5.23.